The van der Waals surface area contributed by atoms with Gasteiger partial charge in [-0.3, -0.25) is 10.1 Å². The number of carbonyl (C=O) groups is 1. The lowest BCUT2D eigenvalue weighted by atomic mass is 10.0. The molecule has 0 bridgehead atoms. The van der Waals surface area contributed by atoms with Gasteiger partial charge in [0, 0.05) is 11.6 Å². The summed E-state index contributed by atoms with van der Waals surface area (Å²) in [6, 6.07) is 10.9. The number of nitro groups is 1. The van der Waals surface area contributed by atoms with Gasteiger partial charge in [0.25, 0.3) is 0 Å². The maximum Gasteiger partial charge on any atom is 0.336 e. The number of carboxylic acid groups (broad SMARTS) is 1. The molecule has 24 heavy (non-hydrogen) atoms. The first-order chi connectivity index (χ1) is 11.5. The number of carboxylic acids is 1. The molecule has 0 saturated heterocycles. The minimum absolute atomic E-state index is 0.0353. The van der Waals surface area contributed by atoms with Gasteiger partial charge in [0.2, 0.25) is 0 Å². The summed E-state index contributed by atoms with van der Waals surface area (Å²) in [4.78, 5) is 22.1. The molecule has 0 saturated carbocycles. The largest absolute Gasteiger partial charge is 0.496 e. The number of ether oxygens (including phenoxy) is 2. The smallest absolute Gasteiger partial charge is 0.336 e. The molecule has 0 radical (unpaired) electrons. The molecule has 1 N–H and O–H groups in total. The molecule has 0 aliphatic carbocycles. The van der Waals surface area contributed by atoms with Gasteiger partial charge in [-0.2, -0.15) is 0 Å². The summed E-state index contributed by atoms with van der Waals surface area (Å²) in [5, 5.41) is 20.6. The summed E-state index contributed by atoms with van der Waals surface area (Å²) in [7, 11) is 2.77. The van der Waals surface area contributed by atoms with Gasteiger partial charge in [-0.15, -0.1) is 0 Å². The maximum atomic E-state index is 11.6. The van der Waals surface area contributed by atoms with E-state index in [0.29, 0.717) is 16.9 Å². The predicted octanol–water partition coefficient (Wildman–Crippen LogP) is 3.24. The van der Waals surface area contributed by atoms with E-state index in [1.807, 2.05) is 0 Å². The molecule has 0 aliphatic heterocycles. The van der Waals surface area contributed by atoms with Gasteiger partial charge in [-0.1, -0.05) is 24.3 Å². The molecule has 0 fully saturated rings. The monoisotopic (exact) mass is 329 g/mol. The molecular formula is C17H15NO6. The summed E-state index contributed by atoms with van der Waals surface area (Å²) in [5.74, 6) is -0.668. The Bertz CT molecular complexity index is 812. The second kappa shape index (κ2) is 7.28. The SMILES string of the molecule is COc1ccccc1/C(=C/c1ccc(OC)c([N+](=O)[O-])c1)C(=O)O. The molecular weight excluding hydrogens is 314 g/mol. The fourth-order valence-corrected chi connectivity index (χ4v) is 2.23. The van der Waals surface area contributed by atoms with Crippen LogP contribution in [0.2, 0.25) is 0 Å². The number of nitro benzene ring substituents is 1. The zero-order valence-electron chi connectivity index (χ0n) is 13.1. The first kappa shape index (κ1) is 17.0. The van der Waals surface area contributed by atoms with Crippen molar-refractivity contribution in [1.29, 1.82) is 0 Å². The predicted molar refractivity (Wildman–Crippen MR) is 88.1 cm³/mol. The van der Waals surface area contributed by atoms with Crippen LogP contribution in [0.1, 0.15) is 11.1 Å². The van der Waals surface area contributed by atoms with Crippen molar-refractivity contribution in [2.45, 2.75) is 0 Å². The van der Waals surface area contributed by atoms with Crippen molar-refractivity contribution >= 4 is 23.3 Å². The molecule has 0 aliphatic rings. The van der Waals surface area contributed by atoms with Crippen LogP contribution < -0.4 is 9.47 Å². The van der Waals surface area contributed by atoms with Crippen molar-refractivity contribution in [3.05, 3.63) is 63.7 Å². The van der Waals surface area contributed by atoms with E-state index in [1.54, 1.807) is 30.3 Å². The number of methoxy groups -OCH3 is 2. The van der Waals surface area contributed by atoms with Crippen LogP contribution in [0.15, 0.2) is 42.5 Å². The number of nitrogens with zero attached hydrogens (tertiary/aromatic N) is 1. The van der Waals surface area contributed by atoms with Gasteiger partial charge in [0.05, 0.1) is 24.7 Å². The highest BCUT2D eigenvalue weighted by Crippen LogP contribution is 2.31. The van der Waals surface area contributed by atoms with Crippen molar-refractivity contribution in [3.8, 4) is 11.5 Å². The number of hydrogen-bond acceptors (Lipinski definition) is 5. The van der Waals surface area contributed by atoms with E-state index in [0.717, 1.165) is 0 Å². The molecule has 2 rings (SSSR count). The topological polar surface area (TPSA) is 98.9 Å². The van der Waals surface area contributed by atoms with Crippen molar-refractivity contribution < 1.29 is 24.3 Å². The van der Waals surface area contributed by atoms with Crippen LogP contribution in [0.25, 0.3) is 11.6 Å². The van der Waals surface area contributed by atoms with Crippen molar-refractivity contribution in [2.24, 2.45) is 0 Å². The lowest BCUT2D eigenvalue weighted by Gasteiger charge is -2.09. The van der Waals surface area contributed by atoms with E-state index in [1.165, 1.54) is 32.4 Å². The second-order valence-electron chi connectivity index (χ2n) is 4.75. The summed E-state index contributed by atoms with van der Waals surface area (Å²) in [6.07, 6.45) is 1.35. The van der Waals surface area contributed by atoms with Crippen molar-refractivity contribution in [1.82, 2.24) is 0 Å². The van der Waals surface area contributed by atoms with E-state index in [-0.39, 0.29) is 17.0 Å². The number of para-hydroxylation sites is 1. The molecule has 0 atom stereocenters. The summed E-state index contributed by atoms with van der Waals surface area (Å²) < 4.78 is 10.1. The Balaban J connectivity index is 2.59. The van der Waals surface area contributed by atoms with Crippen LogP contribution in [-0.2, 0) is 4.79 Å². The van der Waals surface area contributed by atoms with E-state index in [2.05, 4.69) is 0 Å². The number of benzene rings is 2. The zero-order valence-corrected chi connectivity index (χ0v) is 13.1. The Morgan fingerprint density at radius 3 is 2.38 bits per heavy atom. The molecule has 124 valence electrons. The molecule has 0 spiro atoms. The van der Waals surface area contributed by atoms with E-state index in [4.69, 9.17) is 9.47 Å². The lowest BCUT2D eigenvalue weighted by Crippen LogP contribution is -2.02. The van der Waals surface area contributed by atoms with Crippen LogP contribution in [0.3, 0.4) is 0 Å². The Morgan fingerprint density at radius 2 is 1.79 bits per heavy atom. The molecule has 7 nitrogen and oxygen atoms in total. The van der Waals surface area contributed by atoms with Gasteiger partial charge in [0.15, 0.2) is 5.75 Å². The fraction of sp³-hybridized carbons (Fsp3) is 0.118. The van der Waals surface area contributed by atoms with Crippen LogP contribution in [0.4, 0.5) is 5.69 Å². The van der Waals surface area contributed by atoms with E-state index in [9.17, 15) is 20.0 Å². The van der Waals surface area contributed by atoms with Crippen LogP contribution in [0.5, 0.6) is 11.5 Å². The average molecular weight is 329 g/mol. The first-order valence-electron chi connectivity index (χ1n) is 6.88. The molecule has 7 heteroatoms. The zero-order chi connectivity index (χ0) is 17.7. The summed E-state index contributed by atoms with van der Waals surface area (Å²) in [6.45, 7) is 0. The average Bonchev–Trinajstić information content (AvgIpc) is 2.59. The van der Waals surface area contributed by atoms with Crippen molar-refractivity contribution in [2.75, 3.05) is 14.2 Å². The van der Waals surface area contributed by atoms with Gasteiger partial charge in [-0.05, 0) is 23.8 Å². The molecule has 0 amide bonds. The number of aliphatic carboxylic acids is 1. The van der Waals surface area contributed by atoms with Crippen molar-refractivity contribution in [3.63, 3.8) is 0 Å². The Hall–Kier alpha value is -3.35. The second-order valence-corrected chi connectivity index (χ2v) is 4.75. The van der Waals surface area contributed by atoms with Crippen LogP contribution in [-0.4, -0.2) is 30.2 Å². The fourth-order valence-electron chi connectivity index (χ4n) is 2.23. The van der Waals surface area contributed by atoms with Gasteiger partial charge < -0.3 is 14.6 Å². The van der Waals surface area contributed by atoms with Crippen LogP contribution >= 0.6 is 0 Å². The van der Waals surface area contributed by atoms with Gasteiger partial charge in [0.1, 0.15) is 5.75 Å². The maximum absolute atomic E-state index is 11.6. The van der Waals surface area contributed by atoms with E-state index >= 15 is 0 Å². The Kier molecular flexibility index (Phi) is 5.16. The minimum Gasteiger partial charge on any atom is -0.496 e. The summed E-state index contributed by atoms with van der Waals surface area (Å²) >= 11 is 0. The highest BCUT2D eigenvalue weighted by Gasteiger charge is 2.18. The lowest BCUT2D eigenvalue weighted by molar-refractivity contribution is -0.385. The summed E-state index contributed by atoms with van der Waals surface area (Å²) in [5.41, 5.74) is 0.472. The third kappa shape index (κ3) is 3.52. The Labute approximate surface area is 137 Å². The number of rotatable bonds is 6. The van der Waals surface area contributed by atoms with Crippen LogP contribution in [0, 0.1) is 10.1 Å². The highest BCUT2D eigenvalue weighted by molar-refractivity contribution is 6.21. The molecule has 2 aromatic rings. The highest BCUT2D eigenvalue weighted by atomic mass is 16.6. The quantitative estimate of drug-likeness (QED) is 0.378. The van der Waals surface area contributed by atoms with Gasteiger partial charge in [-0.25, -0.2) is 4.79 Å². The standard InChI is InChI=1S/C17H15NO6/c1-23-15-6-4-3-5-12(15)13(17(19)20)9-11-7-8-16(24-2)14(10-11)18(21)22/h3-10H,1-2H3,(H,19,20)/b13-9-. The number of hydrogen-bond donors (Lipinski definition) is 1. The van der Waals surface area contributed by atoms with Gasteiger partial charge >= 0.3 is 11.7 Å². The first-order valence-corrected chi connectivity index (χ1v) is 6.88. The Morgan fingerprint density at radius 1 is 1.12 bits per heavy atom. The molecule has 0 aromatic heterocycles. The normalized spacial score (nSPS) is 11.0. The molecule has 0 unspecified atom stereocenters. The third-order valence-electron chi connectivity index (χ3n) is 3.34. The molecule has 2 aromatic carbocycles. The minimum atomic E-state index is -1.17. The van der Waals surface area contributed by atoms with E-state index < -0.39 is 10.9 Å². The third-order valence-corrected chi connectivity index (χ3v) is 3.34. The molecule has 0 heterocycles.